The average molecular weight is 405 g/mol. The molecule has 1 aromatic carbocycles. The molecule has 1 aliphatic carbocycles. The number of nitrogens with two attached hydrogens (primary N) is 2. The molecule has 148 valence electrons. The molecule has 0 spiro atoms. The molecule has 5 N–H and O–H groups in total. The average Bonchev–Trinajstić information content (AvgIpc) is 3.29. The minimum atomic E-state index is -0.871. The number of rotatable bonds is 6. The van der Waals surface area contributed by atoms with Crippen molar-refractivity contribution in [1.82, 2.24) is 9.69 Å². The van der Waals surface area contributed by atoms with Gasteiger partial charge in [0.15, 0.2) is 5.69 Å². The highest BCUT2D eigenvalue weighted by atomic mass is 32.1. The fraction of sp³-hybridized carbons (Fsp3) is 0.333. The van der Waals surface area contributed by atoms with E-state index in [-0.39, 0.29) is 34.5 Å². The summed E-state index contributed by atoms with van der Waals surface area (Å²) >= 11 is 0.680. The van der Waals surface area contributed by atoms with Crippen molar-refractivity contribution in [3.05, 3.63) is 40.7 Å². The smallest absolute Gasteiger partial charge is 0.272 e. The molecule has 0 radical (unpaired) electrons. The third kappa shape index (κ3) is 4.11. The normalized spacial score (nSPS) is 14.0. The quantitative estimate of drug-likeness (QED) is 0.673. The van der Waals surface area contributed by atoms with Crippen LogP contribution in [0.3, 0.4) is 0 Å². The number of nitrogens with one attached hydrogen (secondary N) is 1. The summed E-state index contributed by atoms with van der Waals surface area (Å²) in [5, 5.41) is 2.87. The van der Waals surface area contributed by atoms with Gasteiger partial charge in [-0.05, 0) is 36.5 Å². The molecule has 10 heteroatoms. The number of hydrogen-bond acceptors (Lipinski definition) is 6. The van der Waals surface area contributed by atoms with Crippen LogP contribution in [-0.2, 0) is 4.79 Å². The maximum absolute atomic E-state index is 14.4. The predicted molar refractivity (Wildman–Crippen MR) is 104 cm³/mol. The van der Waals surface area contributed by atoms with Gasteiger partial charge in [-0.15, -0.1) is 0 Å². The first-order chi connectivity index (χ1) is 13.4. The summed E-state index contributed by atoms with van der Waals surface area (Å²) in [4.78, 5) is 37.8. The fourth-order valence-corrected chi connectivity index (χ4v) is 3.93. The topological polar surface area (TPSA) is 131 Å². The van der Waals surface area contributed by atoms with E-state index in [1.165, 1.54) is 18.2 Å². The van der Waals surface area contributed by atoms with Crippen LogP contribution >= 0.6 is 11.5 Å². The van der Waals surface area contributed by atoms with E-state index in [9.17, 15) is 18.8 Å². The number of nitrogens with zero attached hydrogens (tertiary/aromatic N) is 2. The first-order valence-corrected chi connectivity index (χ1v) is 9.56. The van der Waals surface area contributed by atoms with Crippen LogP contribution in [-0.4, -0.2) is 34.7 Å². The molecule has 3 amide bonds. The molecule has 1 fully saturated rings. The second-order valence-electron chi connectivity index (χ2n) is 6.53. The second-order valence-corrected chi connectivity index (χ2v) is 7.30. The van der Waals surface area contributed by atoms with Crippen molar-refractivity contribution in [2.45, 2.75) is 31.7 Å². The number of carbonyl (C=O) groups excluding carboxylic acids is 3. The molecule has 0 unspecified atom stereocenters. The number of carbonyl (C=O) groups is 3. The van der Waals surface area contributed by atoms with Crippen LogP contribution in [0.4, 0.5) is 15.8 Å². The van der Waals surface area contributed by atoms with Crippen molar-refractivity contribution in [3.63, 3.8) is 0 Å². The molecule has 0 atom stereocenters. The molecule has 1 aromatic heterocycles. The predicted octanol–water partition coefficient (Wildman–Crippen LogP) is 1.67. The number of para-hydroxylation sites is 1. The zero-order chi connectivity index (χ0) is 20.3. The van der Waals surface area contributed by atoms with Gasteiger partial charge < -0.3 is 16.8 Å². The van der Waals surface area contributed by atoms with Crippen LogP contribution in [0.1, 0.15) is 45.8 Å². The molecule has 0 saturated heterocycles. The summed E-state index contributed by atoms with van der Waals surface area (Å²) in [6, 6.07) is 5.67. The summed E-state index contributed by atoms with van der Waals surface area (Å²) < 4.78 is 18.2. The monoisotopic (exact) mass is 405 g/mol. The summed E-state index contributed by atoms with van der Waals surface area (Å²) in [7, 11) is 0. The van der Waals surface area contributed by atoms with Crippen molar-refractivity contribution in [1.29, 1.82) is 0 Å². The van der Waals surface area contributed by atoms with E-state index in [2.05, 4.69) is 9.69 Å². The lowest BCUT2D eigenvalue weighted by Crippen LogP contribution is -2.44. The standard InChI is InChI=1S/C18H20FN5O3S/c19-11-7-3-4-8-12(11)24(9-13(25)22-10-5-1-2-6-10)18(27)16-14(20)15(17(21)26)23-28-16/h3-4,7-8,10H,1-2,5-6,9,20H2,(H2,21,26)(H,22,25). The van der Waals surface area contributed by atoms with Gasteiger partial charge in [0.25, 0.3) is 11.8 Å². The van der Waals surface area contributed by atoms with Gasteiger partial charge in [0, 0.05) is 6.04 Å². The Morgan fingerprint density at radius 3 is 2.54 bits per heavy atom. The van der Waals surface area contributed by atoms with Crippen molar-refractivity contribution < 1.29 is 18.8 Å². The van der Waals surface area contributed by atoms with E-state index in [0.29, 0.717) is 11.5 Å². The van der Waals surface area contributed by atoms with Crippen LogP contribution in [0.15, 0.2) is 24.3 Å². The lowest BCUT2D eigenvalue weighted by Gasteiger charge is -2.23. The third-order valence-electron chi connectivity index (χ3n) is 4.57. The first-order valence-electron chi connectivity index (χ1n) is 8.79. The van der Waals surface area contributed by atoms with Crippen molar-refractivity contribution >= 4 is 40.6 Å². The number of aromatic nitrogens is 1. The molecule has 1 heterocycles. The fourth-order valence-electron chi connectivity index (χ4n) is 3.18. The molecule has 0 bridgehead atoms. The molecule has 2 aromatic rings. The zero-order valence-electron chi connectivity index (χ0n) is 15.0. The number of anilines is 2. The highest BCUT2D eigenvalue weighted by Crippen LogP contribution is 2.27. The maximum atomic E-state index is 14.4. The van der Waals surface area contributed by atoms with Gasteiger partial charge >= 0.3 is 0 Å². The van der Waals surface area contributed by atoms with E-state index in [4.69, 9.17) is 11.5 Å². The summed E-state index contributed by atoms with van der Waals surface area (Å²) in [6.45, 7) is -0.389. The first kappa shape index (κ1) is 19.7. The third-order valence-corrected chi connectivity index (χ3v) is 5.42. The number of nitrogen functional groups attached to an aromatic ring is 1. The SMILES string of the molecule is NC(=O)c1nsc(C(=O)N(CC(=O)NC2CCCC2)c2ccccc2F)c1N. The summed E-state index contributed by atoms with van der Waals surface area (Å²) in [5.74, 6) is -2.66. The molecular weight excluding hydrogens is 385 g/mol. The Hall–Kier alpha value is -3.01. The van der Waals surface area contributed by atoms with E-state index >= 15 is 0 Å². The molecule has 3 rings (SSSR count). The van der Waals surface area contributed by atoms with Gasteiger partial charge in [0.1, 0.15) is 17.2 Å². The van der Waals surface area contributed by atoms with E-state index < -0.39 is 23.5 Å². The van der Waals surface area contributed by atoms with Crippen LogP contribution in [0.5, 0.6) is 0 Å². The Labute approximate surface area is 164 Å². The van der Waals surface area contributed by atoms with Crippen LogP contribution in [0.2, 0.25) is 0 Å². The van der Waals surface area contributed by atoms with Gasteiger partial charge in [-0.1, -0.05) is 25.0 Å². The lowest BCUT2D eigenvalue weighted by atomic mass is 10.2. The van der Waals surface area contributed by atoms with Gasteiger partial charge in [-0.2, -0.15) is 4.37 Å². The Kier molecular flexibility index (Phi) is 5.88. The highest BCUT2D eigenvalue weighted by molar-refractivity contribution is 7.09. The molecule has 1 saturated carbocycles. The van der Waals surface area contributed by atoms with E-state index in [0.717, 1.165) is 30.6 Å². The number of halogens is 1. The van der Waals surface area contributed by atoms with Crippen LogP contribution < -0.4 is 21.7 Å². The van der Waals surface area contributed by atoms with Crippen molar-refractivity contribution in [2.75, 3.05) is 17.2 Å². The molecular formula is C18H20FN5O3S. The Balaban J connectivity index is 1.89. The van der Waals surface area contributed by atoms with Gasteiger partial charge in [0.05, 0.1) is 11.4 Å². The Morgan fingerprint density at radius 1 is 1.25 bits per heavy atom. The lowest BCUT2D eigenvalue weighted by molar-refractivity contribution is -0.120. The summed E-state index contributed by atoms with van der Waals surface area (Å²) in [6.07, 6.45) is 3.83. The Morgan fingerprint density at radius 2 is 1.93 bits per heavy atom. The number of primary amides is 1. The van der Waals surface area contributed by atoms with Crippen molar-refractivity contribution in [3.8, 4) is 0 Å². The molecule has 0 aliphatic heterocycles. The van der Waals surface area contributed by atoms with E-state index in [1.807, 2.05) is 0 Å². The van der Waals surface area contributed by atoms with Gasteiger partial charge in [0.2, 0.25) is 5.91 Å². The zero-order valence-corrected chi connectivity index (χ0v) is 15.8. The summed E-state index contributed by atoms with van der Waals surface area (Å²) in [5.41, 5.74) is 10.5. The minimum absolute atomic E-state index is 0.0556. The number of benzene rings is 1. The molecule has 1 aliphatic rings. The maximum Gasteiger partial charge on any atom is 0.272 e. The highest BCUT2D eigenvalue weighted by Gasteiger charge is 2.29. The number of amides is 3. The van der Waals surface area contributed by atoms with E-state index in [1.54, 1.807) is 6.07 Å². The molecule has 8 nitrogen and oxygen atoms in total. The molecule has 28 heavy (non-hydrogen) atoms. The second kappa shape index (κ2) is 8.34. The minimum Gasteiger partial charge on any atom is -0.395 e. The number of hydrogen-bond donors (Lipinski definition) is 3. The van der Waals surface area contributed by atoms with Gasteiger partial charge in [-0.25, -0.2) is 4.39 Å². The van der Waals surface area contributed by atoms with Gasteiger partial charge in [-0.3, -0.25) is 19.3 Å². The van der Waals surface area contributed by atoms with Crippen LogP contribution in [0.25, 0.3) is 0 Å². The van der Waals surface area contributed by atoms with Crippen LogP contribution in [0, 0.1) is 5.82 Å². The Bertz CT molecular complexity index is 910. The largest absolute Gasteiger partial charge is 0.395 e. The van der Waals surface area contributed by atoms with Crippen molar-refractivity contribution in [2.24, 2.45) is 5.73 Å².